The van der Waals surface area contributed by atoms with Crippen LogP contribution in [0.4, 0.5) is 0 Å². The summed E-state index contributed by atoms with van der Waals surface area (Å²) in [6.45, 7) is 7.40. The van der Waals surface area contributed by atoms with E-state index in [0.29, 0.717) is 12.8 Å². The van der Waals surface area contributed by atoms with Gasteiger partial charge in [-0.15, -0.1) is 0 Å². The molecular weight excluding hydrogens is 224 g/mol. The van der Waals surface area contributed by atoms with Gasteiger partial charge in [0.2, 0.25) is 0 Å². The van der Waals surface area contributed by atoms with Crippen LogP contribution in [0.1, 0.15) is 40.5 Å². The molecule has 0 saturated heterocycles. The fourth-order valence-electron chi connectivity index (χ4n) is 1.08. The molecule has 0 radical (unpaired) electrons. The van der Waals surface area contributed by atoms with Crippen molar-refractivity contribution in [3.63, 3.8) is 0 Å². The van der Waals surface area contributed by atoms with Crippen LogP contribution in [0.5, 0.6) is 0 Å². The maximum Gasteiger partial charge on any atom is 0.0656 e. The normalized spacial score (nSPS) is 15.1. The Morgan fingerprint density at radius 2 is 1.22 bits per heavy atom. The Hall–Kier alpha value is -2.04. The molecule has 0 aliphatic rings. The largest absolute Gasteiger partial charge is 0.198 e. The molecule has 18 heavy (non-hydrogen) atoms. The molecule has 96 valence electrons. The van der Waals surface area contributed by atoms with Gasteiger partial charge in [0.15, 0.2) is 0 Å². The highest BCUT2D eigenvalue weighted by Crippen LogP contribution is 2.12. The Labute approximate surface area is 110 Å². The van der Waals surface area contributed by atoms with Crippen molar-refractivity contribution >= 4 is 0 Å². The molecule has 4 nitrogen and oxygen atoms in total. The van der Waals surface area contributed by atoms with Gasteiger partial charge in [0.1, 0.15) is 0 Å². The molecule has 0 saturated carbocycles. The Morgan fingerprint density at radius 1 is 0.778 bits per heavy atom. The highest BCUT2D eigenvalue weighted by Gasteiger charge is 2.09. The molecule has 4 atom stereocenters. The zero-order valence-corrected chi connectivity index (χ0v) is 11.5. The maximum atomic E-state index is 8.37. The van der Waals surface area contributed by atoms with Gasteiger partial charge in [-0.3, -0.25) is 0 Å². The second-order valence-corrected chi connectivity index (χ2v) is 4.55. The van der Waals surface area contributed by atoms with E-state index < -0.39 is 0 Å². The van der Waals surface area contributed by atoms with Gasteiger partial charge in [0, 0.05) is 24.2 Å². The molecule has 0 aromatic carbocycles. The van der Waals surface area contributed by atoms with Gasteiger partial charge in [0.25, 0.3) is 0 Å². The lowest BCUT2D eigenvalue weighted by atomic mass is 9.95. The Morgan fingerprint density at radius 3 is 1.50 bits per heavy atom. The number of hydrogen-bond acceptors (Lipinski definition) is 4. The highest BCUT2D eigenvalue weighted by atomic mass is 14.3. The minimum absolute atomic E-state index is 0.00431. The Balaban J connectivity index is 0. The van der Waals surface area contributed by atoms with Crippen molar-refractivity contribution in [2.45, 2.75) is 40.5 Å². The molecular formula is C14H20N4. The maximum absolute atomic E-state index is 8.37. The lowest BCUT2D eigenvalue weighted by Gasteiger charge is -2.06. The van der Waals surface area contributed by atoms with Gasteiger partial charge in [-0.25, -0.2) is 0 Å². The molecule has 4 unspecified atom stereocenters. The fourth-order valence-corrected chi connectivity index (χ4v) is 1.08. The van der Waals surface area contributed by atoms with Crippen LogP contribution < -0.4 is 0 Å². The Bertz CT molecular complexity index is 357. The third-order valence-electron chi connectivity index (χ3n) is 2.62. The van der Waals surface area contributed by atoms with E-state index in [1.54, 1.807) is 0 Å². The number of hydrogen-bond donors (Lipinski definition) is 0. The predicted molar refractivity (Wildman–Crippen MR) is 68.3 cm³/mol. The summed E-state index contributed by atoms with van der Waals surface area (Å²) in [7, 11) is 0. The number of nitrogens with zero attached hydrogens (tertiary/aromatic N) is 4. The molecule has 0 aromatic rings. The quantitative estimate of drug-likeness (QED) is 0.757. The van der Waals surface area contributed by atoms with Crippen LogP contribution in [0.2, 0.25) is 0 Å². The third kappa shape index (κ3) is 10.5. The predicted octanol–water partition coefficient (Wildman–Crippen LogP) is 3.39. The van der Waals surface area contributed by atoms with Crippen molar-refractivity contribution in [3.05, 3.63) is 0 Å². The first-order valence-corrected chi connectivity index (χ1v) is 5.98. The molecule has 0 heterocycles. The van der Waals surface area contributed by atoms with Crippen molar-refractivity contribution < 1.29 is 0 Å². The summed E-state index contributed by atoms with van der Waals surface area (Å²) < 4.78 is 0. The molecule has 0 aliphatic heterocycles. The highest BCUT2D eigenvalue weighted by molar-refractivity contribution is 4.87. The summed E-state index contributed by atoms with van der Waals surface area (Å²) >= 11 is 0. The SMILES string of the molecule is CC(C#N)C(C)CC#N.CC(C#N)CC(C)C#N. The van der Waals surface area contributed by atoms with Crippen LogP contribution in [-0.2, 0) is 0 Å². The zero-order valence-electron chi connectivity index (χ0n) is 11.5. The lowest BCUT2D eigenvalue weighted by Crippen LogP contribution is -2.03. The minimum atomic E-state index is 0.00431. The summed E-state index contributed by atoms with van der Waals surface area (Å²) in [5.41, 5.74) is 0. The smallest absolute Gasteiger partial charge is 0.0656 e. The first kappa shape index (κ1) is 18.3. The van der Waals surface area contributed by atoms with E-state index in [-0.39, 0.29) is 23.7 Å². The van der Waals surface area contributed by atoms with Gasteiger partial charge in [0.05, 0.1) is 24.3 Å². The number of rotatable bonds is 4. The van der Waals surface area contributed by atoms with Crippen molar-refractivity contribution in [1.29, 1.82) is 21.0 Å². The van der Waals surface area contributed by atoms with Crippen LogP contribution in [0, 0.1) is 69.0 Å². The second kappa shape index (κ2) is 11.4. The fraction of sp³-hybridized carbons (Fsp3) is 0.714. The van der Waals surface area contributed by atoms with Gasteiger partial charge >= 0.3 is 0 Å². The molecule has 0 rings (SSSR count). The molecule has 0 aromatic heterocycles. The van der Waals surface area contributed by atoms with E-state index in [9.17, 15) is 0 Å². The van der Waals surface area contributed by atoms with E-state index in [0.717, 1.165) is 0 Å². The first-order chi connectivity index (χ1) is 8.42. The summed E-state index contributed by atoms with van der Waals surface area (Å²) in [5.74, 6) is 0.240. The Kier molecular flexibility index (Phi) is 11.7. The topological polar surface area (TPSA) is 95.2 Å². The van der Waals surface area contributed by atoms with Gasteiger partial charge < -0.3 is 0 Å². The van der Waals surface area contributed by atoms with Crippen molar-refractivity contribution in [1.82, 2.24) is 0 Å². The van der Waals surface area contributed by atoms with Crippen molar-refractivity contribution in [2.24, 2.45) is 23.7 Å². The zero-order chi connectivity index (χ0) is 14.6. The van der Waals surface area contributed by atoms with Gasteiger partial charge in [-0.2, -0.15) is 21.0 Å². The van der Waals surface area contributed by atoms with Crippen molar-refractivity contribution in [3.8, 4) is 24.3 Å². The van der Waals surface area contributed by atoms with Gasteiger partial charge in [-0.05, 0) is 33.1 Å². The summed E-state index contributed by atoms with van der Waals surface area (Å²) in [5, 5.41) is 33.2. The lowest BCUT2D eigenvalue weighted by molar-refractivity contribution is 0.479. The van der Waals surface area contributed by atoms with Crippen LogP contribution in [0.15, 0.2) is 0 Å². The molecule has 0 N–H and O–H groups in total. The van der Waals surface area contributed by atoms with Gasteiger partial charge in [-0.1, -0.05) is 6.92 Å². The van der Waals surface area contributed by atoms with E-state index in [1.165, 1.54) is 0 Å². The second-order valence-electron chi connectivity index (χ2n) is 4.55. The van der Waals surface area contributed by atoms with E-state index in [2.05, 4.69) is 18.2 Å². The molecule has 0 fully saturated rings. The third-order valence-corrected chi connectivity index (χ3v) is 2.62. The van der Waals surface area contributed by atoms with Crippen LogP contribution in [0.3, 0.4) is 0 Å². The average molecular weight is 244 g/mol. The first-order valence-electron chi connectivity index (χ1n) is 5.98. The van der Waals surface area contributed by atoms with E-state index >= 15 is 0 Å². The van der Waals surface area contributed by atoms with E-state index in [4.69, 9.17) is 21.0 Å². The minimum Gasteiger partial charge on any atom is -0.198 e. The molecule has 0 spiro atoms. The number of nitriles is 4. The average Bonchev–Trinajstić information content (AvgIpc) is 2.38. The summed E-state index contributed by atoms with van der Waals surface area (Å²) in [4.78, 5) is 0. The molecule has 0 bridgehead atoms. The molecule has 0 aliphatic carbocycles. The summed E-state index contributed by atoms with van der Waals surface area (Å²) in [6.07, 6.45) is 1.17. The monoisotopic (exact) mass is 244 g/mol. The van der Waals surface area contributed by atoms with Crippen LogP contribution >= 0.6 is 0 Å². The molecule has 4 heteroatoms. The summed E-state index contributed by atoms with van der Waals surface area (Å²) in [6, 6.07) is 8.29. The van der Waals surface area contributed by atoms with E-state index in [1.807, 2.05) is 33.8 Å². The molecule has 0 amide bonds. The standard InChI is InChI=1S/2C7H10N2/c1-6(4-8)3-7(2)5-9;1-6(3-4-8)7(2)5-9/h2*6-7H,3H2,1-2H3. The van der Waals surface area contributed by atoms with Crippen LogP contribution in [0.25, 0.3) is 0 Å². The van der Waals surface area contributed by atoms with Crippen LogP contribution in [-0.4, -0.2) is 0 Å². The van der Waals surface area contributed by atoms with Crippen molar-refractivity contribution in [2.75, 3.05) is 0 Å².